The van der Waals surface area contributed by atoms with Gasteiger partial charge in [-0.2, -0.15) is 0 Å². The first kappa shape index (κ1) is 13.9. The summed E-state index contributed by atoms with van der Waals surface area (Å²) in [6.07, 6.45) is 1.74. The molecule has 1 heterocycles. The summed E-state index contributed by atoms with van der Waals surface area (Å²) in [7, 11) is 0. The fraction of sp³-hybridized carbons (Fsp3) is 0.267. The topological polar surface area (TPSA) is 34.1 Å². The highest BCUT2D eigenvalue weighted by molar-refractivity contribution is 9.10. The van der Waals surface area contributed by atoms with E-state index in [0.29, 0.717) is 12.5 Å². The van der Waals surface area contributed by atoms with Gasteiger partial charge in [0.25, 0.3) is 0 Å². The Morgan fingerprint density at radius 1 is 1.32 bits per heavy atom. The van der Waals surface area contributed by atoms with Crippen molar-refractivity contribution in [2.45, 2.75) is 19.9 Å². The smallest absolute Gasteiger partial charge is 0.237 e. The minimum atomic E-state index is 0.181. The maximum absolute atomic E-state index is 5.51. The summed E-state index contributed by atoms with van der Waals surface area (Å²) >= 11 is 3.49. The first-order valence-electron chi connectivity index (χ1n) is 6.30. The zero-order valence-electron chi connectivity index (χ0n) is 11.1. The molecule has 1 N–H and O–H groups in total. The summed E-state index contributed by atoms with van der Waals surface area (Å²) in [6.45, 7) is 4.68. The van der Waals surface area contributed by atoms with Crippen LogP contribution in [-0.4, -0.2) is 11.6 Å². The molecule has 100 valence electrons. The molecule has 0 aliphatic carbocycles. The molecule has 0 amide bonds. The van der Waals surface area contributed by atoms with Gasteiger partial charge in [-0.1, -0.05) is 28.1 Å². The molecule has 1 aromatic heterocycles. The van der Waals surface area contributed by atoms with Gasteiger partial charge in [-0.15, -0.1) is 0 Å². The number of hydrogen-bond acceptors (Lipinski definition) is 3. The van der Waals surface area contributed by atoms with Gasteiger partial charge in [0.2, 0.25) is 5.88 Å². The van der Waals surface area contributed by atoms with Crippen molar-refractivity contribution in [3.63, 3.8) is 0 Å². The van der Waals surface area contributed by atoms with Crippen LogP contribution in [0.15, 0.2) is 47.1 Å². The summed E-state index contributed by atoms with van der Waals surface area (Å²) in [4.78, 5) is 4.24. The lowest BCUT2D eigenvalue weighted by Crippen LogP contribution is -2.08. The Balaban J connectivity index is 2.16. The van der Waals surface area contributed by atoms with Crippen LogP contribution >= 0.6 is 15.9 Å². The minimum Gasteiger partial charge on any atom is -0.476 e. The summed E-state index contributed by atoms with van der Waals surface area (Å²) in [5, 5.41) is 3.43. The second kappa shape index (κ2) is 6.57. The highest BCUT2D eigenvalue weighted by Gasteiger charge is 2.09. The molecule has 0 saturated heterocycles. The molecule has 0 fully saturated rings. The van der Waals surface area contributed by atoms with Crippen LogP contribution in [0.3, 0.4) is 0 Å². The van der Waals surface area contributed by atoms with Gasteiger partial charge in [-0.25, -0.2) is 4.98 Å². The molecule has 2 rings (SSSR count). The molecule has 0 spiro atoms. The lowest BCUT2D eigenvalue weighted by Gasteiger charge is -2.17. The van der Waals surface area contributed by atoms with Crippen molar-refractivity contribution in [2.75, 3.05) is 11.9 Å². The number of halogens is 1. The Morgan fingerprint density at radius 2 is 2.16 bits per heavy atom. The van der Waals surface area contributed by atoms with Gasteiger partial charge < -0.3 is 10.1 Å². The average Bonchev–Trinajstić information content (AvgIpc) is 2.41. The van der Waals surface area contributed by atoms with E-state index in [4.69, 9.17) is 4.74 Å². The average molecular weight is 321 g/mol. The quantitative estimate of drug-likeness (QED) is 0.885. The number of pyridine rings is 1. The SMILES string of the molecule is CCOc1ncccc1NC(C)c1cccc(Br)c1. The largest absolute Gasteiger partial charge is 0.476 e. The van der Waals surface area contributed by atoms with E-state index >= 15 is 0 Å². The molecule has 0 aliphatic heterocycles. The van der Waals surface area contributed by atoms with E-state index in [0.717, 1.165) is 10.2 Å². The zero-order chi connectivity index (χ0) is 13.7. The first-order chi connectivity index (χ1) is 9.20. The molecule has 0 aliphatic rings. The Bertz CT molecular complexity index is 545. The van der Waals surface area contributed by atoms with Crippen LogP contribution in [0, 0.1) is 0 Å². The van der Waals surface area contributed by atoms with Crippen LogP contribution in [0.4, 0.5) is 5.69 Å². The number of hydrogen-bond donors (Lipinski definition) is 1. The molecule has 3 nitrogen and oxygen atoms in total. The van der Waals surface area contributed by atoms with Crippen LogP contribution in [-0.2, 0) is 0 Å². The van der Waals surface area contributed by atoms with Crippen molar-refractivity contribution in [1.82, 2.24) is 4.98 Å². The zero-order valence-corrected chi connectivity index (χ0v) is 12.6. The fourth-order valence-electron chi connectivity index (χ4n) is 1.84. The van der Waals surface area contributed by atoms with Crippen LogP contribution < -0.4 is 10.1 Å². The predicted octanol–water partition coefficient (Wildman–Crippen LogP) is 4.42. The highest BCUT2D eigenvalue weighted by atomic mass is 79.9. The van der Waals surface area contributed by atoms with Crippen molar-refractivity contribution in [3.8, 4) is 5.88 Å². The van der Waals surface area contributed by atoms with E-state index in [9.17, 15) is 0 Å². The van der Waals surface area contributed by atoms with E-state index in [1.807, 2.05) is 31.2 Å². The summed E-state index contributed by atoms with van der Waals surface area (Å²) < 4.78 is 6.59. The van der Waals surface area contributed by atoms with Gasteiger partial charge in [-0.3, -0.25) is 0 Å². The second-order valence-electron chi connectivity index (χ2n) is 4.21. The number of benzene rings is 1. The molecule has 0 saturated carbocycles. The van der Waals surface area contributed by atoms with Gasteiger partial charge >= 0.3 is 0 Å². The van der Waals surface area contributed by atoms with Gasteiger partial charge in [0.15, 0.2) is 0 Å². The van der Waals surface area contributed by atoms with E-state index in [1.54, 1.807) is 6.20 Å². The van der Waals surface area contributed by atoms with E-state index < -0.39 is 0 Å². The van der Waals surface area contributed by atoms with Crippen molar-refractivity contribution < 1.29 is 4.74 Å². The molecule has 19 heavy (non-hydrogen) atoms. The predicted molar refractivity (Wildman–Crippen MR) is 81.6 cm³/mol. The number of anilines is 1. The normalized spacial score (nSPS) is 11.9. The van der Waals surface area contributed by atoms with Crippen molar-refractivity contribution in [3.05, 3.63) is 52.6 Å². The van der Waals surface area contributed by atoms with Crippen LogP contribution in [0.1, 0.15) is 25.5 Å². The third kappa shape index (κ3) is 3.70. The molecular weight excluding hydrogens is 304 g/mol. The monoisotopic (exact) mass is 320 g/mol. The molecule has 0 radical (unpaired) electrons. The molecule has 0 bridgehead atoms. The maximum Gasteiger partial charge on any atom is 0.237 e. The van der Waals surface area contributed by atoms with Gasteiger partial charge in [-0.05, 0) is 43.7 Å². The van der Waals surface area contributed by atoms with E-state index in [1.165, 1.54) is 5.56 Å². The molecular formula is C15H17BrN2O. The lowest BCUT2D eigenvalue weighted by atomic mass is 10.1. The van der Waals surface area contributed by atoms with Crippen LogP contribution in [0.2, 0.25) is 0 Å². The van der Waals surface area contributed by atoms with Crippen LogP contribution in [0.5, 0.6) is 5.88 Å². The standard InChI is InChI=1S/C15H17BrN2O/c1-3-19-15-14(8-5-9-17-15)18-11(2)12-6-4-7-13(16)10-12/h4-11,18H,3H2,1-2H3. The van der Waals surface area contributed by atoms with Gasteiger partial charge in [0, 0.05) is 16.7 Å². The molecule has 4 heteroatoms. The fourth-order valence-corrected chi connectivity index (χ4v) is 2.26. The first-order valence-corrected chi connectivity index (χ1v) is 7.10. The van der Waals surface area contributed by atoms with E-state index in [2.05, 4.69) is 45.3 Å². The number of rotatable bonds is 5. The highest BCUT2D eigenvalue weighted by Crippen LogP contribution is 2.27. The number of aromatic nitrogens is 1. The molecule has 1 aromatic carbocycles. The van der Waals surface area contributed by atoms with Gasteiger partial charge in [0.05, 0.1) is 12.3 Å². The Kier molecular flexibility index (Phi) is 4.80. The van der Waals surface area contributed by atoms with Gasteiger partial charge in [0.1, 0.15) is 0 Å². The van der Waals surface area contributed by atoms with Crippen molar-refractivity contribution in [2.24, 2.45) is 0 Å². The number of ether oxygens (including phenoxy) is 1. The third-order valence-corrected chi connectivity index (χ3v) is 3.27. The molecule has 1 unspecified atom stereocenters. The molecule has 1 atom stereocenters. The maximum atomic E-state index is 5.51. The van der Waals surface area contributed by atoms with Crippen molar-refractivity contribution in [1.29, 1.82) is 0 Å². The number of nitrogens with one attached hydrogen (secondary N) is 1. The summed E-state index contributed by atoms with van der Waals surface area (Å²) in [6, 6.07) is 12.3. The van der Waals surface area contributed by atoms with Crippen LogP contribution in [0.25, 0.3) is 0 Å². The minimum absolute atomic E-state index is 0.181. The summed E-state index contributed by atoms with van der Waals surface area (Å²) in [5.74, 6) is 0.645. The lowest BCUT2D eigenvalue weighted by molar-refractivity contribution is 0.328. The summed E-state index contributed by atoms with van der Waals surface area (Å²) in [5.41, 5.74) is 2.12. The van der Waals surface area contributed by atoms with Crippen molar-refractivity contribution >= 4 is 21.6 Å². The Hall–Kier alpha value is -1.55. The van der Waals surface area contributed by atoms with E-state index in [-0.39, 0.29) is 6.04 Å². The number of nitrogens with zero attached hydrogens (tertiary/aromatic N) is 1. The third-order valence-electron chi connectivity index (χ3n) is 2.77. The Labute approximate surface area is 122 Å². The molecule has 2 aromatic rings. The second-order valence-corrected chi connectivity index (χ2v) is 5.13. The Morgan fingerprint density at radius 3 is 2.89 bits per heavy atom.